The van der Waals surface area contributed by atoms with Crippen molar-refractivity contribution in [1.29, 1.82) is 5.26 Å². The molecule has 0 radical (unpaired) electrons. The molecule has 1 heterocycles. The molecular weight excluding hydrogens is 256 g/mol. The molecule has 0 aliphatic carbocycles. The number of amides is 1. The van der Waals surface area contributed by atoms with Crippen LogP contribution in [0, 0.1) is 11.3 Å². The van der Waals surface area contributed by atoms with E-state index in [1.165, 1.54) is 0 Å². The molecule has 2 atom stereocenters. The third-order valence-corrected chi connectivity index (χ3v) is 3.17. The number of carbonyl (C=O) groups excluding carboxylic acids is 1. The van der Waals surface area contributed by atoms with Crippen LogP contribution in [0.5, 0.6) is 5.75 Å². The van der Waals surface area contributed by atoms with Gasteiger partial charge in [0, 0.05) is 13.2 Å². The Hall–Kier alpha value is -2.06. The summed E-state index contributed by atoms with van der Waals surface area (Å²) in [6.45, 7) is 2.97. The van der Waals surface area contributed by atoms with E-state index in [9.17, 15) is 4.79 Å². The molecule has 1 aromatic rings. The predicted octanol–water partition coefficient (Wildman–Crippen LogP) is 1.62. The summed E-state index contributed by atoms with van der Waals surface area (Å²) in [5.41, 5.74) is 0.509. The van der Waals surface area contributed by atoms with Crippen molar-refractivity contribution in [2.45, 2.75) is 32.0 Å². The summed E-state index contributed by atoms with van der Waals surface area (Å²) in [5.74, 6) is 0.340. The average Bonchev–Trinajstić information content (AvgIpc) is 2.98. The zero-order valence-corrected chi connectivity index (χ0v) is 11.5. The molecule has 0 spiro atoms. The van der Waals surface area contributed by atoms with E-state index in [2.05, 4.69) is 5.32 Å². The molecule has 2 rings (SSSR count). The highest BCUT2D eigenvalue weighted by Gasteiger charge is 2.19. The first kappa shape index (κ1) is 14.4. The molecule has 1 amide bonds. The Morgan fingerprint density at radius 2 is 2.50 bits per heavy atom. The maximum atomic E-state index is 11.9. The third kappa shape index (κ3) is 3.97. The number of nitriles is 1. The monoisotopic (exact) mass is 274 g/mol. The van der Waals surface area contributed by atoms with Crippen LogP contribution in [0.2, 0.25) is 0 Å². The topological polar surface area (TPSA) is 71.3 Å². The summed E-state index contributed by atoms with van der Waals surface area (Å²) >= 11 is 0. The molecule has 1 fully saturated rings. The lowest BCUT2D eigenvalue weighted by Gasteiger charge is -2.16. The molecule has 0 saturated carbocycles. The number of nitrogens with one attached hydrogen (secondary N) is 1. The number of hydrogen-bond donors (Lipinski definition) is 1. The molecule has 5 heteroatoms. The lowest BCUT2D eigenvalue weighted by molar-refractivity contribution is -0.127. The molecular formula is C15H18N2O3. The minimum Gasteiger partial charge on any atom is -0.481 e. The van der Waals surface area contributed by atoms with Gasteiger partial charge in [-0.15, -0.1) is 0 Å². The average molecular weight is 274 g/mol. The van der Waals surface area contributed by atoms with Crippen molar-refractivity contribution in [3.63, 3.8) is 0 Å². The molecule has 1 aromatic carbocycles. The molecule has 1 aliphatic heterocycles. The number of ether oxygens (including phenoxy) is 2. The van der Waals surface area contributed by atoms with Crippen LogP contribution in [0.1, 0.15) is 25.3 Å². The second-order valence-corrected chi connectivity index (χ2v) is 4.78. The zero-order valence-electron chi connectivity index (χ0n) is 11.5. The van der Waals surface area contributed by atoms with E-state index in [0.717, 1.165) is 19.4 Å². The van der Waals surface area contributed by atoms with Gasteiger partial charge in [0.2, 0.25) is 0 Å². The van der Waals surface area contributed by atoms with Crippen molar-refractivity contribution in [2.24, 2.45) is 0 Å². The largest absolute Gasteiger partial charge is 0.481 e. The van der Waals surface area contributed by atoms with Crippen molar-refractivity contribution in [3.8, 4) is 11.8 Å². The van der Waals surface area contributed by atoms with E-state index in [1.54, 1.807) is 31.2 Å². The van der Waals surface area contributed by atoms with E-state index in [0.29, 0.717) is 17.9 Å². The van der Waals surface area contributed by atoms with Crippen LogP contribution in [0.3, 0.4) is 0 Å². The number of carbonyl (C=O) groups is 1. The number of hydrogen-bond acceptors (Lipinski definition) is 4. The number of benzene rings is 1. The van der Waals surface area contributed by atoms with Crippen LogP contribution in [0.15, 0.2) is 24.3 Å². The van der Waals surface area contributed by atoms with Crippen molar-refractivity contribution >= 4 is 5.91 Å². The fourth-order valence-electron chi connectivity index (χ4n) is 2.06. The molecule has 2 unspecified atom stereocenters. The fourth-order valence-corrected chi connectivity index (χ4v) is 2.06. The zero-order chi connectivity index (χ0) is 14.4. The van der Waals surface area contributed by atoms with E-state index < -0.39 is 6.10 Å². The quantitative estimate of drug-likeness (QED) is 0.885. The minimum atomic E-state index is -0.606. The van der Waals surface area contributed by atoms with E-state index >= 15 is 0 Å². The predicted molar refractivity (Wildman–Crippen MR) is 73.2 cm³/mol. The Labute approximate surface area is 118 Å². The number of nitrogens with zero attached hydrogens (tertiary/aromatic N) is 1. The van der Waals surface area contributed by atoms with Gasteiger partial charge in [0.25, 0.3) is 5.91 Å². The summed E-state index contributed by atoms with van der Waals surface area (Å²) in [6, 6.07) is 8.79. The Kier molecular flexibility index (Phi) is 4.97. The molecule has 0 aromatic heterocycles. The Balaban J connectivity index is 1.82. The van der Waals surface area contributed by atoms with Gasteiger partial charge in [0.05, 0.1) is 17.7 Å². The molecule has 106 valence electrons. The molecule has 1 saturated heterocycles. The van der Waals surface area contributed by atoms with Gasteiger partial charge >= 0.3 is 0 Å². The van der Waals surface area contributed by atoms with Gasteiger partial charge in [-0.1, -0.05) is 6.07 Å². The van der Waals surface area contributed by atoms with Crippen LogP contribution in [-0.4, -0.2) is 31.3 Å². The van der Waals surface area contributed by atoms with E-state index in [-0.39, 0.29) is 12.0 Å². The molecule has 5 nitrogen and oxygen atoms in total. The van der Waals surface area contributed by atoms with Gasteiger partial charge in [-0.05, 0) is 38.0 Å². The lowest BCUT2D eigenvalue weighted by Crippen LogP contribution is -2.40. The normalized spacial score (nSPS) is 19.1. The molecule has 20 heavy (non-hydrogen) atoms. The first-order chi connectivity index (χ1) is 9.69. The van der Waals surface area contributed by atoms with Crippen molar-refractivity contribution in [3.05, 3.63) is 29.8 Å². The third-order valence-electron chi connectivity index (χ3n) is 3.17. The van der Waals surface area contributed by atoms with Crippen molar-refractivity contribution in [2.75, 3.05) is 13.2 Å². The van der Waals surface area contributed by atoms with Crippen molar-refractivity contribution in [1.82, 2.24) is 5.32 Å². The van der Waals surface area contributed by atoms with Crippen LogP contribution < -0.4 is 10.1 Å². The Bertz CT molecular complexity index is 504. The molecule has 0 bridgehead atoms. The fraction of sp³-hybridized carbons (Fsp3) is 0.467. The smallest absolute Gasteiger partial charge is 0.260 e. The molecule has 1 N–H and O–H groups in total. The minimum absolute atomic E-state index is 0.119. The first-order valence-electron chi connectivity index (χ1n) is 6.75. The van der Waals surface area contributed by atoms with E-state index in [4.69, 9.17) is 14.7 Å². The Morgan fingerprint density at radius 3 is 3.20 bits per heavy atom. The lowest BCUT2D eigenvalue weighted by atomic mass is 10.2. The summed E-state index contributed by atoms with van der Waals surface area (Å²) in [6.07, 6.45) is 1.55. The van der Waals surface area contributed by atoms with Crippen LogP contribution >= 0.6 is 0 Å². The van der Waals surface area contributed by atoms with Crippen molar-refractivity contribution < 1.29 is 14.3 Å². The second kappa shape index (κ2) is 6.92. The second-order valence-electron chi connectivity index (χ2n) is 4.78. The Morgan fingerprint density at radius 1 is 1.65 bits per heavy atom. The maximum Gasteiger partial charge on any atom is 0.260 e. The SMILES string of the molecule is CC(Oc1cccc(C#N)c1)C(=O)NCC1CCCO1. The van der Waals surface area contributed by atoms with Gasteiger partial charge in [-0.25, -0.2) is 0 Å². The van der Waals surface area contributed by atoms with Crippen LogP contribution in [0.25, 0.3) is 0 Å². The first-order valence-corrected chi connectivity index (χ1v) is 6.75. The van der Waals surface area contributed by atoms with Gasteiger partial charge in [-0.2, -0.15) is 5.26 Å². The van der Waals surface area contributed by atoms with Gasteiger partial charge in [0.15, 0.2) is 6.10 Å². The van der Waals surface area contributed by atoms with Gasteiger partial charge in [0.1, 0.15) is 5.75 Å². The highest BCUT2D eigenvalue weighted by atomic mass is 16.5. The standard InChI is InChI=1S/C15H18N2O3/c1-11(15(18)17-10-14-6-3-7-19-14)20-13-5-2-4-12(8-13)9-16/h2,4-5,8,11,14H,3,6-7,10H2,1H3,(H,17,18). The molecule has 1 aliphatic rings. The van der Waals surface area contributed by atoms with Crippen LogP contribution in [-0.2, 0) is 9.53 Å². The maximum absolute atomic E-state index is 11.9. The summed E-state index contributed by atoms with van der Waals surface area (Å²) in [7, 11) is 0. The van der Waals surface area contributed by atoms with E-state index in [1.807, 2.05) is 6.07 Å². The van der Waals surface area contributed by atoms with Gasteiger partial charge in [-0.3, -0.25) is 4.79 Å². The highest BCUT2D eigenvalue weighted by molar-refractivity contribution is 5.80. The summed E-state index contributed by atoms with van der Waals surface area (Å²) < 4.78 is 11.0. The summed E-state index contributed by atoms with van der Waals surface area (Å²) in [5, 5.41) is 11.6. The highest BCUT2D eigenvalue weighted by Crippen LogP contribution is 2.14. The van der Waals surface area contributed by atoms with Gasteiger partial charge < -0.3 is 14.8 Å². The van der Waals surface area contributed by atoms with Crippen LogP contribution in [0.4, 0.5) is 0 Å². The number of rotatable bonds is 5. The summed E-state index contributed by atoms with van der Waals surface area (Å²) in [4.78, 5) is 11.9.